The third-order valence-electron chi connectivity index (χ3n) is 4.50. The van der Waals surface area contributed by atoms with E-state index in [-0.39, 0.29) is 22.2 Å². The van der Waals surface area contributed by atoms with Gasteiger partial charge in [-0.15, -0.1) is 51.7 Å². The second-order valence-electron chi connectivity index (χ2n) is 6.46. The van der Waals surface area contributed by atoms with E-state index in [1.165, 1.54) is 45.6 Å². The van der Waals surface area contributed by atoms with Crippen molar-refractivity contribution < 1.29 is 24.7 Å². The molecule has 2 aromatic rings. The Balaban J connectivity index is 1.40. The van der Waals surface area contributed by atoms with Crippen molar-refractivity contribution in [2.45, 2.75) is 16.4 Å². The number of aromatic amines is 1. The number of nitrogens with two attached hydrogens (primary N) is 1. The lowest BCUT2D eigenvalue weighted by atomic mass is 10.0. The summed E-state index contributed by atoms with van der Waals surface area (Å²) in [5.74, 6) is -0.898. The minimum atomic E-state index is -1.21. The largest absolute Gasteiger partial charge is 0.477 e. The highest BCUT2D eigenvalue weighted by molar-refractivity contribution is 8.07. The highest BCUT2D eigenvalue weighted by atomic mass is 32.2. The van der Waals surface area contributed by atoms with Crippen molar-refractivity contribution in [3.63, 3.8) is 0 Å². The first-order chi connectivity index (χ1) is 15.9. The number of fused-ring (bicyclic) bond motifs is 1. The zero-order chi connectivity index (χ0) is 23.5. The number of hydrogen-bond donors (Lipinski definition) is 5. The molecule has 2 aliphatic heterocycles. The molecular formula is C16H16N8O5S4. The summed E-state index contributed by atoms with van der Waals surface area (Å²) < 4.78 is 0. The number of rotatable bonds is 9. The molecule has 1 saturated heterocycles. The van der Waals surface area contributed by atoms with Crippen LogP contribution in [0.1, 0.15) is 5.69 Å². The summed E-state index contributed by atoms with van der Waals surface area (Å²) in [6.07, 6.45) is 1.60. The van der Waals surface area contributed by atoms with Gasteiger partial charge >= 0.3 is 5.97 Å². The van der Waals surface area contributed by atoms with E-state index in [1.54, 1.807) is 6.20 Å². The molecule has 174 valence electrons. The van der Waals surface area contributed by atoms with E-state index in [0.717, 1.165) is 16.4 Å². The van der Waals surface area contributed by atoms with Crippen LogP contribution < -0.4 is 11.1 Å². The first-order valence-electron chi connectivity index (χ1n) is 9.17. The number of carbonyl (C=O) groups is 3. The standard InChI is InChI=1S/C16H16N8O5S4/c17-16-19-6(4-33-16)9(22-29)12(25)20-10-13(26)24-11(15(27)28)7(5-32-14(10)24)30-1-2-31-8-3-18-23-21-8/h3-4,10,14,29H,1-2,5H2,(H2,17,19)(H,20,25)(H,27,28)(H,18,21,23)/b22-9-/t10-,14-/m1/s1. The number of carbonyl (C=O) groups excluding carboxylic acids is 2. The van der Waals surface area contributed by atoms with Gasteiger partial charge in [-0.05, 0) is 0 Å². The zero-order valence-electron chi connectivity index (χ0n) is 16.5. The van der Waals surface area contributed by atoms with Crippen molar-refractivity contribution in [2.24, 2.45) is 5.16 Å². The monoisotopic (exact) mass is 528 g/mol. The van der Waals surface area contributed by atoms with Crippen molar-refractivity contribution in [3.8, 4) is 0 Å². The number of hydrogen-bond acceptors (Lipinski definition) is 13. The Morgan fingerprint density at radius 2 is 2.18 bits per heavy atom. The second kappa shape index (κ2) is 10.0. The van der Waals surface area contributed by atoms with Gasteiger partial charge in [0.2, 0.25) is 0 Å². The number of nitrogens with zero attached hydrogens (tertiary/aromatic N) is 5. The number of nitrogens with one attached hydrogen (secondary N) is 2. The van der Waals surface area contributed by atoms with E-state index in [1.807, 2.05) is 0 Å². The molecule has 0 spiro atoms. The van der Waals surface area contributed by atoms with Gasteiger partial charge in [0.1, 0.15) is 27.8 Å². The lowest BCUT2D eigenvalue weighted by molar-refractivity contribution is -0.150. The minimum Gasteiger partial charge on any atom is -0.477 e. The van der Waals surface area contributed by atoms with Gasteiger partial charge in [0.15, 0.2) is 10.8 Å². The van der Waals surface area contributed by atoms with Gasteiger partial charge in [0, 0.05) is 27.5 Å². The van der Waals surface area contributed by atoms with Crippen molar-refractivity contribution in [1.29, 1.82) is 0 Å². The number of thioether (sulfide) groups is 3. The van der Waals surface area contributed by atoms with E-state index >= 15 is 0 Å². The molecule has 0 bridgehead atoms. The molecular weight excluding hydrogens is 512 g/mol. The minimum absolute atomic E-state index is 0.0747. The number of H-pyrrole nitrogens is 1. The number of nitrogen functional groups attached to an aromatic ring is 1. The molecule has 1 fully saturated rings. The summed E-state index contributed by atoms with van der Waals surface area (Å²) in [6, 6.07) is -0.959. The first-order valence-corrected chi connectivity index (χ1v) is 13.1. The maximum atomic E-state index is 12.8. The van der Waals surface area contributed by atoms with Crippen molar-refractivity contribution in [3.05, 3.63) is 27.9 Å². The molecule has 0 unspecified atom stereocenters. The van der Waals surface area contributed by atoms with Gasteiger partial charge in [-0.1, -0.05) is 5.16 Å². The number of thiazole rings is 1. The summed E-state index contributed by atoms with van der Waals surface area (Å²) in [7, 11) is 0. The van der Waals surface area contributed by atoms with Crippen LogP contribution in [-0.4, -0.2) is 87.8 Å². The molecule has 6 N–H and O–H groups in total. The number of anilines is 1. The molecule has 2 atom stereocenters. The molecule has 2 aromatic heterocycles. The highest BCUT2D eigenvalue weighted by Crippen LogP contribution is 2.43. The summed E-state index contributed by atoms with van der Waals surface area (Å²) in [6.45, 7) is 0. The molecule has 2 amide bonds. The van der Waals surface area contributed by atoms with Crippen molar-refractivity contribution >= 4 is 75.2 Å². The van der Waals surface area contributed by atoms with Gasteiger partial charge in [0.05, 0.1) is 6.20 Å². The van der Waals surface area contributed by atoms with Crippen LogP contribution in [0.15, 0.2) is 32.4 Å². The fourth-order valence-electron chi connectivity index (χ4n) is 3.09. The molecule has 13 nitrogen and oxygen atoms in total. The van der Waals surface area contributed by atoms with E-state index < -0.39 is 29.2 Å². The fourth-order valence-corrected chi connectivity index (χ4v) is 7.05. The molecule has 33 heavy (non-hydrogen) atoms. The average molecular weight is 529 g/mol. The fraction of sp³-hybridized carbons (Fsp3) is 0.312. The van der Waals surface area contributed by atoms with Gasteiger partial charge in [-0.25, -0.2) is 9.78 Å². The first kappa shape index (κ1) is 23.4. The maximum absolute atomic E-state index is 12.8. The van der Waals surface area contributed by atoms with Gasteiger partial charge in [-0.2, -0.15) is 10.3 Å². The van der Waals surface area contributed by atoms with Crippen LogP contribution in [0.25, 0.3) is 0 Å². The summed E-state index contributed by atoms with van der Waals surface area (Å²) in [4.78, 5) is 42.9. The number of β-lactam (4-membered cyclic amide) rings is 1. The molecule has 0 saturated carbocycles. The molecule has 17 heteroatoms. The molecule has 0 aliphatic carbocycles. The van der Waals surface area contributed by atoms with Crippen LogP contribution in [0.5, 0.6) is 0 Å². The summed E-state index contributed by atoms with van der Waals surface area (Å²) >= 11 is 5.26. The predicted molar refractivity (Wildman–Crippen MR) is 124 cm³/mol. The Morgan fingerprint density at radius 3 is 2.82 bits per heavy atom. The molecule has 4 rings (SSSR count). The van der Waals surface area contributed by atoms with E-state index in [2.05, 4.69) is 30.9 Å². The number of amides is 2. The number of aromatic nitrogens is 4. The maximum Gasteiger partial charge on any atom is 0.353 e. The average Bonchev–Trinajstić information content (AvgIpc) is 3.46. The third kappa shape index (κ3) is 4.80. The SMILES string of the molecule is Nc1nc(/C(=N/O)C(=O)N[C@@H]2C(=O)N3C(C(=O)O)=C(SCCSc4cn[nH]n4)CS[C@H]23)cs1. The third-order valence-corrected chi connectivity index (χ3v) is 8.89. The van der Waals surface area contributed by atoms with Gasteiger partial charge < -0.3 is 21.4 Å². The van der Waals surface area contributed by atoms with E-state index in [4.69, 9.17) is 5.73 Å². The normalized spacial score (nSPS) is 20.4. The second-order valence-corrected chi connectivity index (χ2v) is 10.8. The van der Waals surface area contributed by atoms with Crippen LogP contribution in [0.4, 0.5) is 5.13 Å². The van der Waals surface area contributed by atoms with Gasteiger partial charge in [-0.3, -0.25) is 14.5 Å². The van der Waals surface area contributed by atoms with Gasteiger partial charge in [0.25, 0.3) is 11.8 Å². The number of carboxylic acids is 1. The van der Waals surface area contributed by atoms with Crippen molar-refractivity contribution in [2.75, 3.05) is 23.0 Å². The van der Waals surface area contributed by atoms with E-state index in [0.29, 0.717) is 22.2 Å². The summed E-state index contributed by atoms with van der Waals surface area (Å²) in [5, 5.41) is 36.4. The molecule has 0 aromatic carbocycles. The Bertz CT molecular complexity index is 1130. The topological polar surface area (TPSA) is 200 Å². The van der Waals surface area contributed by atoms with Crippen LogP contribution in [-0.2, 0) is 14.4 Å². The number of aliphatic carboxylic acids is 1. The smallest absolute Gasteiger partial charge is 0.353 e. The Hall–Kier alpha value is -2.76. The molecule has 0 radical (unpaired) electrons. The van der Waals surface area contributed by atoms with Crippen LogP contribution in [0, 0.1) is 0 Å². The van der Waals surface area contributed by atoms with Crippen LogP contribution in [0.3, 0.4) is 0 Å². The Morgan fingerprint density at radius 1 is 1.39 bits per heavy atom. The van der Waals surface area contributed by atoms with E-state index in [9.17, 15) is 24.7 Å². The summed E-state index contributed by atoms with van der Waals surface area (Å²) in [5.41, 5.74) is 5.16. The molecule has 2 aliphatic rings. The quantitative estimate of drug-likeness (QED) is 0.0743. The number of oxime groups is 1. The molecule has 4 heterocycles. The number of carboxylic acid groups (broad SMARTS) is 1. The Kier molecular flexibility index (Phi) is 7.11. The van der Waals surface area contributed by atoms with Crippen molar-refractivity contribution in [1.82, 2.24) is 30.6 Å². The van der Waals surface area contributed by atoms with Crippen LogP contribution in [0.2, 0.25) is 0 Å². The Labute approximate surface area is 202 Å². The lowest BCUT2D eigenvalue weighted by Crippen LogP contribution is -2.71. The zero-order valence-corrected chi connectivity index (χ0v) is 19.8. The van der Waals surface area contributed by atoms with Crippen LogP contribution >= 0.6 is 46.6 Å². The highest BCUT2D eigenvalue weighted by Gasteiger charge is 2.54. The lowest BCUT2D eigenvalue weighted by Gasteiger charge is -2.49. The predicted octanol–water partition coefficient (Wildman–Crippen LogP) is 0.243.